The molecule has 0 saturated heterocycles. The number of imidazole rings is 1. The number of carbonyl (C=O) groups excluding carboxylic acids is 1. The van der Waals surface area contributed by atoms with Gasteiger partial charge in [0.25, 0.3) is 0 Å². The summed E-state index contributed by atoms with van der Waals surface area (Å²) < 4.78 is 0. The monoisotopic (exact) mass is 295 g/mol. The van der Waals surface area contributed by atoms with Gasteiger partial charge in [-0.15, -0.1) is 0 Å². The molecular weight excluding hydrogens is 282 g/mol. The molecule has 3 rings (SSSR count). The molecule has 2 aromatic heterocycles. The highest BCUT2D eigenvalue weighted by atomic mass is 16.1. The molecular formula is C14H13N7O. The van der Waals surface area contributed by atoms with Gasteiger partial charge in [-0.25, -0.2) is 15.0 Å². The van der Waals surface area contributed by atoms with E-state index in [2.05, 4.69) is 25.3 Å². The number of amides is 1. The van der Waals surface area contributed by atoms with Gasteiger partial charge in [0.1, 0.15) is 5.82 Å². The maximum absolute atomic E-state index is 11.1. The third kappa shape index (κ3) is 2.70. The fraction of sp³-hybridized carbons (Fsp3) is 0. The quantitative estimate of drug-likeness (QED) is 0.572. The minimum atomic E-state index is -0.475. The molecule has 0 unspecified atom stereocenters. The summed E-state index contributed by atoms with van der Waals surface area (Å²) in [6, 6.07) is 6.77. The van der Waals surface area contributed by atoms with Crippen molar-refractivity contribution in [2.75, 3.05) is 11.1 Å². The van der Waals surface area contributed by atoms with Gasteiger partial charge in [0.05, 0.1) is 24.4 Å². The van der Waals surface area contributed by atoms with Crippen LogP contribution < -0.4 is 16.8 Å². The van der Waals surface area contributed by atoms with Gasteiger partial charge in [-0.1, -0.05) is 12.1 Å². The first-order chi connectivity index (χ1) is 10.6. The maximum Gasteiger partial charge on any atom is 0.248 e. The minimum Gasteiger partial charge on any atom is -0.381 e. The zero-order valence-electron chi connectivity index (χ0n) is 11.4. The van der Waals surface area contributed by atoms with Crippen molar-refractivity contribution >= 4 is 23.4 Å². The number of aromatic amines is 1. The van der Waals surface area contributed by atoms with Crippen LogP contribution in [-0.4, -0.2) is 25.8 Å². The van der Waals surface area contributed by atoms with Gasteiger partial charge in [0.15, 0.2) is 11.6 Å². The Balaban J connectivity index is 1.92. The number of nitrogens with zero attached hydrogens (tertiary/aromatic N) is 3. The van der Waals surface area contributed by atoms with Crippen molar-refractivity contribution in [2.24, 2.45) is 5.73 Å². The van der Waals surface area contributed by atoms with E-state index >= 15 is 0 Å². The van der Waals surface area contributed by atoms with Gasteiger partial charge in [-0.05, 0) is 12.1 Å². The largest absolute Gasteiger partial charge is 0.381 e. The first-order valence-corrected chi connectivity index (χ1v) is 6.41. The van der Waals surface area contributed by atoms with Crippen LogP contribution in [0.4, 0.5) is 17.5 Å². The van der Waals surface area contributed by atoms with Crippen molar-refractivity contribution < 1.29 is 4.79 Å². The average Bonchev–Trinajstić information content (AvgIpc) is 3.02. The van der Waals surface area contributed by atoms with E-state index in [9.17, 15) is 4.79 Å². The number of aromatic nitrogens is 4. The Morgan fingerprint density at radius 1 is 1.18 bits per heavy atom. The van der Waals surface area contributed by atoms with Gasteiger partial charge in [0, 0.05) is 11.1 Å². The van der Waals surface area contributed by atoms with E-state index < -0.39 is 5.91 Å². The predicted octanol–water partition coefficient (Wildman–Crippen LogP) is 1.29. The van der Waals surface area contributed by atoms with Gasteiger partial charge in [0.2, 0.25) is 5.91 Å². The first kappa shape index (κ1) is 13.6. The second-order valence-electron chi connectivity index (χ2n) is 4.52. The number of rotatable bonds is 4. The van der Waals surface area contributed by atoms with E-state index in [1.165, 1.54) is 0 Å². The number of anilines is 3. The highest BCUT2D eigenvalue weighted by Crippen LogP contribution is 2.23. The molecule has 8 nitrogen and oxygen atoms in total. The molecule has 0 aliphatic carbocycles. The molecule has 1 amide bonds. The summed E-state index contributed by atoms with van der Waals surface area (Å²) in [5.41, 5.74) is 12.9. The first-order valence-electron chi connectivity index (χ1n) is 6.41. The molecule has 0 spiro atoms. The second-order valence-corrected chi connectivity index (χ2v) is 4.52. The van der Waals surface area contributed by atoms with Crippen LogP contribution in [0.15, 0.2) is 43.0 Å². The number of carbonyl (C=O) groups is 1. The molecule has 0 aliphatic rings. The van der Waals surface area contributed by atoms with E-state index in [1.54, 1.807) is 43.0 Å². The van der Waals surface area contributed by atoms with E-state index in [4.69, 9.17) is 11.5 Å². The van der Waals surface area contributed by atoms with Crippen LogP contribution in [0.2, 0.25) is 0 Å². The van der Waals surface area contributed by atoms with E-state index in [-0.39, 0.29) is 5.82 Å². The summed E-state index contributed by atoms with van der Waals surface area (Å²) in [5, 5.41) is 3.00. The molecule has 6 N–H and O–H groups in total. The Morgan fingerprint density at radius 3 is 2.59 bits per heavy atom. The summed E-state index contributed by atoms with van der Waals surface area (Å²) in [4.78, 5) is 26.4. The number of nitrogens with one attached hydrogen (secondary N) is 2. The SMILES string of the molecule is NC(=O)c1ccc(-c2cnc(N)c(Nc3cnc[nH]3)n2)cc1. The number of primary amides is 1. The van der Waals surface area contributed by atoms with Crippen molar-refractivity contribution in [2.45, 2.75) is 0 Å². The summed E-state index contributed by atoms with van der Waals surface area (Å²) in [6.45, 7) is 0. The van der Waals surface area contributed by atoms with Crippen LogP contribution in [0.3, 0.4) is 0 Å². The van der Waals surface area contributed by atoms with Crippen molar-refractivity contribution in [3.05, 3.63) is 48.5 Å². The minimum absolute atomic E-state index is 0.270. The maximum atomic E-state index is 11.1. The summed E-state index contributed by atoms with van der Waals surface area (Å²) in [5.74, 6) is 0.867. The molecule has 0 atom stereocenters. The summed E-state index contributed by atoms with van der Waals surface area (Å²) in [7, 11) is 0. The Hall–Kier alpha value is -3.42. The fourth-order valence-electron chi connectivity index (χ4n) is 1.89. The third-order valence-corrected chi connectivity index (χ3v) is 3.02. The van der Waals surface area contributed by atoms with Crippen LogP contribution >= 0.6 is 0 Å². The van der Waals surface area contributed by atoms with Crippen LogP contribution in [0.1, 0.15) is 10.4 Å². The number of hydrogen-bond acceptors (Lipinski definition) is 6. The van der Waals surface area contributed by atoms with E-state index in [0.29, 0.717) is 22.9 Å². The number of benzene rings is 1. The molecule has 0 fully saturated rings. The lowest BCUT2D eigenvalue weighted by Crippen LogP contribution is -2.10. The topological polar surface area (TPSA) is 136 Å². The van der Waals surface area contributed by atoms with Gasteiger partial charge >= 0.3 is 0 Å². The molecule has 3 aromatic rings. The number of hydrogen-bond donors (Lipinski definition) is 4. The molecule has 2 heterocycles. The average molecular weight is 295 g/mol. The smallest absolute Gasteiger partial charge is 0.248 e. The number of nitrogens with two attached hydrogens (primary N) is 2. The lowest BCUT2D eigenvalue weighted by atomic mass is 10.1. The molecule has 1 aromatic carbocycles. The van der Waals surface area contributed by atoms with E-state index in [1.807, 2.05) is 0 Å². The van der Waals surface area contributed by atoms with Crippen LogP contribution in [0.25, 0.3) is 11.3 Å². The lowest BCUT2D eigenvalue weighted by Gasteiger charge is -2.08. The van der Waals surface area contributed by atoms with Crippen molar-refractivity contribution in [3.8, 4) is 11.3 Å². The Bertz CT molecular complexity index is 797. The third-order valence-electron chi connectivity index (χ3n) is 3.02. The predicted molar refractivity (Wildman–Crippen MR) is 82.3 cm³/mol. The summed E-state index contributed by atoms with van der Waals surface area (Å²) >= 11 is 0. The second kappa shape index (κ2) is 5.52. The van der Waals surface area contributed by atoms with Gasteiger partial charge in [-0.2, -0.15) is 0 Å². The highest BCUT2D eigenvalue weighted by molar-refractivity contribution is 5.93. The zero-order chi connectivity index (χ0) is 15.5. The highest BCUT2D eigenvalue weighted by Gasteiger charge is 2.08. The summed E-state index contributed by atoms with van der Waals surface area (Å²) in [6.07, 6.45) is 4.71. The molecule has 22 heavy (non-hydrogen) atoms. The lowest BCUT2D eigenvalue weighted by molar-refractivity contribution is 0.100. The Morgan fingerprint density at radius 2 is 1.95 bits per heavy atom. The molecule has 8 heteroatoms. The van der Waals surface area contributed by atoms with Gasteiger partial charge in [-0.3, -0.25) is 4.79 Å². The van der Waals surface area contributed by atoms with Gasteiger partial charge < -0.3 is 21.8 Å². The van der Waals surface area contributed by atoms with Crippen LogP contribution in [-0.2, 0) is 0 Å². The van der Waals surface area contributed by atoms with Crippen molar-refractivity contribution in [3.63, 3.8) is 0 Å². The Labute approximate surface area is 125 Å². The molecule has 110 valence electrons. The molecule has 0 aliphatic heterocycles. The van der Waals surface area contributed by atoms with Crippen molar-refractivity contribution in [1.82, 2.24) is 19.9 Å². The number of H-pyrrole nitrogens is 1. The zero-order valence-corrected chi connectivity index (χ0v) is 11.4. The molecule has 0 saturated carbocycles. The standard InChI is InChI=1S/C14H13N7O/c15-12-14(21-11-6-17-7-19-11)20-10(5-18-12)8-1-3-9(4-2-8)13(16)22/h1-7H,(H2,15,18)(H2,16,22)(H,17,19)(H,20,21). The number of nitrogen functional groups attached to an aromatic ring is 1. The Kier molecular flexibility index (Phi) is 3.40. The molecule has 0 bridgehead atoms. The van der Waals surface area contributed by atoms with Crippen molar-refractivity contribution in [1.29, 1.82) is 0 Å². The van der Waals surface area contributed by atoms with Crippen LogP contribution in [0, 0.1) is 0 Å². The van der Waals surface area contributed by atoms with E-state index in [0.717, 1.165) is 5.56 Å². The fourth-order valence-corrected chi connectivity index (χ4v) is 1.89. The normalized spacial score (nSPS) is 10.4. The van der Waals surface area contributed by atoms with Crippen LogP contribution in [0.5, 0.6) is 0 Å². The molecule has 0 radical (unpaired) electrons.